The molecule has 0 radical (unpaired) electrons. The van der Waals surface area contributed by atoms with E-state index in [0.717, 1.165) is 16.7 Å². The van der Waals surface area contributed by atoms with Crippen LogP contribution in [0.15, 0.2) is 70.1 Å². The van der Waals surface area contributed by atoms with Crippen LogP contribution >= 0.6 is 11.8 Å². The topological polar surface area (TPSA) is 78.8 Å². The number of nitrogens with one attached hydrogen (secondary N) is 1. The maximum absolute atomic E-state index is 12.2. The Labute approximate surface area is 161 Å². The fourth-order valence-corrected chi connectivity index (χ4v) is 3.45. The summed E-state index contributed by atoms with van der Waals surface area (Å²) >= 11 is 1.20. The highest BCUT2D eigenvalue weighted by atomic mass is 32.2. The number of carbonyl (C=O) groups excluding carboxylic acids is 1. The molecule has 27 heavy (non-hydrogen) atoms. The van der Waals surface area contributed by atoms with Crippen molar-refractivity contribution in [2.75, 3.05) is 0 Å². The van der Waals surface area contributed by atoms with E-state index in [1.54, 1.807) is 18.2 Å². The first kappa shape index (κ1) is 18.7. The maximum atomic E-state index is 12.2. The number of aliphatic imine (C=N–C) groups is 1. The zero-order valence-corrected chi connectivity index (χ0v) is 15.7. The number of amidine groups is 1. The van der Waals surface area contributed by atoms with Crippen LogP contribution in [0.3, 0.4) is 0 Å². The van der Waals surface area contributed by atoms with Gasteiger partial charge in [0.05, 0.1) is 16.2 Å². The lowest BCUT2D eigenvalue weighted by atomic mass is 10.1. The molecule has 5 nitrogen and oxygen atoms in total. The zero-order chi connectivity index (χ0) is 19.4. The Morgan fingerprint density at radius 1 is 1.19 bits per heavy atom. The minimum absolute atomic E-state index is 0.0977. The van der Waals surface area contributed by atoms with Crippen LogP contribution in [0, 0.1) is 6.92 Å². The molecule has 1 saturated heterocycles. The van der Waals surface area contributed by atoms with Crippen molar-refractivity contribution in [1.82, 2.24) is 5.32 Å². The van der Waals surface area contributed by atoms with E-state index in [4.69, 9.17) is 0 Å². The number of aryl methyl sites for hydroxylation is 1. The van der Waals surface area contributed by atoms with Gasteiger partial charge >= 0.3 is 5.97 Å². The van der Waals surface area contributed by atoms with Crippen molar-refractivity contribution in [3.8, 4) is 0 Å². The van der Waals surface area contributed by atoms with Crippen molar-refractivity contribution >= 4 is 40.6 Å². The van der Waals surface area contributed by atoms with Gasteiger partial charge < -0.3 is 10.4 Å². The van der Waals surface area contributed by atoms with Gasteiger partial charge in [0.2, 0.25) is 0 Å². The minimum Gasteiger partial charge on any atom is -0.478 e. The number of benzene rings is 2. The van der Waals surface area contributed by atoms with E-state index in [-0.39, 0.29) is 11.5 Å². The molecule has 0 unspecified atom stereocenters. The zero-order valence-electron chi connectivity index (χ0n) is 14.9. The quantitative estimate of drug-likeness (QED) is 0.766. The first-order valence-corrected chi connectivity index (χ1v) is 9.11. The molecular weight excluding hydrogens is 360 g/mol. The lowest BCUT2D eigenvalue weighted by Crippen LogP contribution is -2.19. The van der Waals surface area contributed by atoms with Gasteiger partial charge in [-0.2, -0.15) is 0 Å². The molecule has 1 amide bonds. The highest BCUT2D eigenvalue weighted by Crippen LogP contribution is 2.29. The van der Waals surface area contributed by atoms with Gasteiger partial charge in [0.25, 0.3) is 5.91 Å². The first-order valence-electron chi connectivity index (χ1n) is 8.29. The molecule has 0 bridgehead atoms. The Morgan fingerprint density at radius 2 is 1.93 bits per heavy atom. The number of carboxylic acid groups (broad SMARTS) is 1. The van der Waals surface area contributed by atoms with Crippen LogP contribution in [0.1, 0.15) is 28.4 Å². The third-order valence-electron chi connectivity index (χ3n) is 3.81. The molecule has 0 saturated carbocycles. The summed E-state index contributed by atoms with van der Waals surface area (Å²) in [6.45, 7) is 3.78. The number of aromatic carboxylic acids is 1. The van der Waals surface area contributed by atoms with E-state index >= 15 is 0 Å². The molecule has 0 spiro atoms. The van der Waals surface area contributed by atoms with Crippen LogP contribution in [0.5, 0.6) is 0 Å². The Bertz CT molecular complexity index is 992. The van der Waals surface area contributed by atoms with Crippen LogP contribution in [0.2, 0.25) is 0 Å². The summed E-state index contributed by atoms with van der Waals surface area (Å²) in [7, 11) is 0. The normalized spacial score (nSPS) is 17.4. The van der Waals surface area contributed by atoms with E-state index in [2.05, 4.69) is 10.3 Å². The minimum atomic E-state index is -1.05. The average molecular weight is 378 g/mol. The van der Waals surface area contributed by atoms with Gasteiger partial charge in [-0.05, 0) is 60.5 Å². The molecule has 136 valence electrons. The van der Waals surface area contributed by atoms with Gasteiger partial charge in [-0.25, -0.2) is 9.79 Å². The SMILES string of the molecule is CC(/C=C1\SC(=Nc2cc(C)ccc2C(=O)O)NC1=O)=C\c1ccccc1. The number of carboxylic acids is 1. The molecule has 1 aliphatic heterocycles. The summed E-state index contributed by atoms with van der Waals surface area (Å²) in [6, 6.07) is 14.8. The smallest absolute Gasteiger partial charge is 0.337 e. The number of allylic oxidation sites excluding steroid dienone is 2. The molecule has 0 aromatic heterocycles. The Morgan fingerprint density at radius 3 is 2.63 bits per heavy atom. The van der Waals surface area contributed by atoms with Gasteiger partial charge in [0.15, 0.2) is 5.17 Å². The third-order valence-corrected chi connectivity index (χ3v) is 4.72. The summed E-state index contributed by atoms with van der Waals surface area (Å²) < 4.78 is 0. The number of thioether (sulfide) groups is 1. The molecule has 2 aromatic rings. The summed E-state index contributed by atoms with van der Waals surface area (Å²) in [6.07, 6.45) is 3.78. The second-order valence-electron chi connectivity index (χ2n) is 6.11. The van der Waals surface area contributed by atoms with Crippen molar-refractivity contribution in [1.29, 1.82) is 0 Å². The van der Waals surface area contributed by atoms with Crippen molar-refractivity contribution in [3.63, 3.8) is 0 Å². The fraction of sp³-hybridized carbons (Fsp3) is 0.0952. The number of hydrogen-bond donors (Lipinski definition) is 2. The van der Waals surface area contributed by atoms with E-state index in [9.17, 15) is 14.7 Å². The summed E-state index contributed by atoms with van der Waals surface area (Å²) in [4.78, 5) is 28.5. The largest absolute Gasteiger partial charge is 0.478 e. The fourth-order valence-electron chi connectivity index (χ4n) is 2.57. The second kappa shape index (κ2) is 8.05. The van der Waals surface area contributed by atoms with Crippen LogP contribution in [0.25, 0.3) is 6.08 Å². The van der Waals surface area contributed by atoms with E-state index < -0.39 is 5.97 Å². The summed E-state index contributed by atoms with van der Waals surface area (Å²) in [5.74, 6) is -1.30. The predicted octanol–water partition coefficient (Wildman–Crippen LogP) is 4.53. The lowest BCUT2D eigenvalue weighted by Gasteiger charge is -2.03. The molecule has 0 aliphatic carbocycles. The molecule has 6 heteroatoms. The molecule has 2 N–H and O–H groups in total. The maximum Gasteiger partial charge on any atom is 0.337 e. The molecular formula is C21H18N2O3S. The number of nitrogens with zero attached hydrogens (tertiary/aromatic N) is 1. The average Bonchev–Trinajstić information content (AvgIpc) is 2.94. The van der Waals surface area contributed by atoms with Crippen molar-refractivity contribution in [2.24, 2.45) is 4.99 Å². The number of rotatable bonds is 4. The van der Waals surface area contributed by atoms with Crippen molar-refractivity contribution < 1.29 is 14.7 Å². The van der Waals surface area contributed by atoms with Gasteiger partial charge in [0.1, 0.15) is 0 Å². The van der Waals surface area contributed by atoms with Gasteiger partial charge in [0, 0.05) is 0 Å². The Kier molecular flexibility index (Phi) is 5.57. The number of hydrogen-bond acceptors (Lipinski definition) is 4. The molecule has 2 aromatic carbocycles. The molecule has 1 heterocycles. The lowest BCUT2D eigenvalue weighted by molar-refractivity contribution is -0.115. The van der Waals surface area contributed by atoms with E-state index in [0.29, 0.717) is 15.8 Å². The monoisotopic (exact) mass is 378 g/mol. The van der Waals surface area contributed by atoms with E-state index in [1.165, 1.54) is 17.8 Å². The number of amides is 1. The number of carbonyl (C=O) groups is 2. The second-order valence-corrected chi connectivity index (χ2v) is 7.14. The van der Waals surface area contributed by atoms with Crippen molar-refractivity contribution in [3.05, 3.63) is 81.8 Å². The van der Waals surface area contributed by atoms with E-state index in [1.807, 2.05) is 50.3 Å². The molecule has 1 aliphatic rings. The third kappa shape index (κ3) is 4.74. The molecule has 1 fully saturated rings. The van der Waals surface area contributed by atoms with Crippen LogP contribution in [-0.4, -0.2) is 22.2 Å². The van der Waals surface area contributed by atoms with Crippen LogP contribution in [-0.2, 0) is 4.79 Å². The van der Waals surface area contributed by atoms with Crippen LogP contribution in [0.4, 0.5) is 5.69 Å². The Balaban J connectivity index is 1.86. The molecule has 0 atom stereocenters. The van der Waals surface area contributed by atoms with Gasteiger partial charge in [-0.15, -0.1) is 0 Å². The van der Waals surface area contributed by atoms with Crippen molar-refractivity contribution in [2.45, 2.75) is 13.8 Å². The molecule has 3 rings (SSSR count). The Hall–Kier alpha value is -3.12. The van der Waals surface area contributed by atoms with Crippen LogP contribution < -0.4 is 5.32 Å². The van der Waals surface area contributed by atoms with Gasteiger partial charge in [-0.1, -0.05) is 42.5 Å². The van der Waals surface area contributed by atoms with Gasteiger partial charge in [-0.3, -0.25) is 4.79 Å². The summed E-state index contributed by atoms with van der Waals surface area (Å²) in [5, 5.41) is 12.4. The first-order chi connectivity index (χ1) is 12.9. The highest BCUT2D eigenvalue weighted by Gasteiger charge is 2.24. The highest BCUT2D eigenvalue weighted by molar-refractivity contribution is 8.18. The standard InChI is InChI=1S/C21H18N2O3S/c1-13-8-9-16(20(25)26)17(11-13)22-21-23-19(24)18(27-21)12-14(2)10-15-6-4-3-5-7-15/h3-12H,1-2H3,(H,25,26)(H,22,23,24)/b14-10+,18-12-. The summed E-state index contributed by atoms with van der Waals surface area (Å²) in [5.41, 5.74) is 3.30. The predicted molar refractivity (Wildman–Crippen MR) is 109 cm³/mol.